The molecule has 1 amide bonds. The van der Waals surface area contributed by atoms with Crippen molar-refractivity contribution in [1.82, 2.24) is 5.32 Å². The molecule has 0 saturated heterocycles. The first-order valence-electron chi connectivity index (χ1n) is 5.64. The van der Waals surface area contributed by atoms with Crippen molar-refractivity contribution in [3.8, 4) is 0 Å². The highest BCUT2D eigenvalue weighted by molar-refractivity contribution is 9.13. The van der Waals surface area contributed by atoms with Gasteiger partial charge in [0.2, 0.25) is 0 Å². The zero-order chi connectivity index (χ0) is 14.7. The molecule has 2 nitrogen and oxygen atoms in total. The van der Waals surface area contributed by atoms with E-state index in [9.17, 15) is 4.79 Å². The number of nitrogens with one attached hydrogen (secondary N) is 1. The van der Waals surface area contributed by atoms with Gasteiger partial charge in [0.15, 0.2) is 0 Å². The van der Waals surface area contributed by atoms with Crippen LogP contribution >= 0.6 is 66.4 Å². The Kier molecular flexibility index (Phi) is 5.93. The second kappa shape index (κ2) is 7.27. The van der Waals surface area contributed by atoms with Crippen molar-refractivity contribution in [2.75, 3.05) is 6.54 Å². The van der Waals surface area contributed by atoms with Crippen molar-refractivity contribution < 1.29 is 4.79 Å². The Balaban J connectivity index is 1.91. The van der Waals surface area contributed by atoms with Gasteiger partial charge >= 0.3 is 0 Å². The highest BCUT2D eigenvalue weighted by Crippen LogP contribution is 2.32. The Morgan fingerprint density at radius 1 is 1.25 bits per heavy atom. The van der Waals surface area contributed by atoms with Gasteiger partial charge in [-0.15, -0.1) is 11.3 Å². The highest BCUT2D eigenvalue weighted by atomic mass is 79.9. The van der Waals surface area contributed by atoms with E-state index in [0.29, 0.717) is 27.9 Å². The molecule has 0 atom stereocenters. The van der Waals surface area contributed by atoms with Gasteiger partial charge in [0.25, 0.3) is 5.91 Å². The van der Waals surface area contributed by atoms with Gasteiger partial charge in [-0.05, 0) is 62.0 Å². The van der Waals surface area contributed by atoms with Crippen molar-refractivity contribution in [3.63, 3.8) is 0 Å². The van der Waals surface area contributed by atoms with Gasteiger partial charge in [-0.2, -0.15) is 0 Å². The molecule has 0 unspecified atom stereocenters. The number of benzene rings is 1. The summed E-state index contributed by atoms with van der Waals surface area (Å²) in [5, 5.41) is 4.09. The lowest BCUT2D eigenvalue weighted by Crippen LogP contribution is -2.24. The molecule has 1 aromatic heterocycles. The van der Waals surface area contributed by atoms with Crippen LogP contribution < -0.4 is 5.32 Å². The third-order valence-electron chi connectivity index (χ3n) is 2.56. The number of carbonyl (C=O) groups excluding carboxylic acids is 1. The van der Waals surface area contributed by atoms with E-state index >= 15 is 0 Å². The van der Waals surface area contributed by atoms with E-state index in [4.69, 9.17) is 23.2 Å². The third-order valence-corrected chi connectivity index (χ3v) is 6.41. The average Bonchev–Trinajstić information content (AvgIpc) is 2.72. The Labute approximate surface area is 147 Å². The van der Waals surface area contributed by atoms with Crippen LogP contribution in [0, 0.1) is 0 Å². The normalized spacial score (nSPS) is 10.6. The van der Waals surface area contributed by atoms with E-state index in [1.807, 2.05) is 6.07 Å². The number of rotatable bonds is 4. The summed E-state index contributed by atoms with van der Waals surface area (Å²) in [6.45, 7) is 0.521. The molecule has 20 heavy (non-hydrogen) atoms. The van der Waals surface area contributed by atoms with Crippen LogP contribution in [0.25, 0.3) is 0 Å². The van der Waals surface area contributed by atoms with Crippen molar-refractivity contribution in [3.05, 3.63) is 53.0 Å². The molecule has 0 bridgehead atoms. The number of amides is 1. The standard InChI is InChI=1S/C13H9Br2Cl2NOS/c14-9-6-11(20-12(9)15)13(19)18-4-3-7-1-2-8(16)5-10(7)17/h1-2,5-6H,3-4H2,(H,18,19). The van der Waals surface area contributed by atoms with Gasteiger partial charge in [0.05, 0.1) is 8.66 Å². The highest BCUT2D eigenvalue weighted by Gasteiger charge is 2.11. The Morgan fingerprint density at radius 3 is 2.60 bits per heavy atom. The van der Waals surface area contributed by atoms with Gasteiger partial charge < -0.3 is 5.32 Å². The minimum absolute atomic E-state index is 0.0912. The van der Waals surface area contributed by atoms with Gasteiger partial charge in [-0.3, -0.25) is 4.79 Å². The van der Waals surface area contributed by atoms with Crippen LogP contribution in [0.4, 0.5) is 0 Å². The Morgan fingerprint density at radius 2 is 2.00 bits per heavy atom. The van der Waals surface area contributed by atoms with E-state index in [-0.39, 0.29) is 5.91 Å². The lowest BCUT2D eigenvalue weighted by atomic mass is 10.1. The second-order valence-corrected chi connectivity index (χ2v) is 8.04. The monoisotopic (exact) mass is 455 g/mol. The molecular weight excluding hydrogens is 449 g/mol. The largest absolute Gasteiger partial charge is 0.351 e. The lowest BCUT2D eigenvalue weighted by molar-refractivity contribution is 0.0958. The maximum atomic E-state index is 11.9. The Hall–Kier alpha value is -0.0700. The maximum absolute atomic E-state index is 11.9. The van der Waals surface area contributed by atoms with Crippen LogP contribution in [0.1, 0.15) is 15.2 Å². The fourth-order valence-electron chi connectivity index (χ4n) is 1.58. The van der Waals surface area contributed by atoms with Crippen LogP contribution in [0.2, 0.25) is 10.0 Å². The summed E-state index contributed by atoms with van der Waals surface area (Å²) >= 11 is 20.0. The maximum Gasteiger partial charge on any atom is 0.261 e. The molecule has 2 aromatic rings. The van der Waals surface area contributed by atoms with Crippen molar-refractivity contribution in [2.24, 2.45) is 0 Å². The molecule has 1 N–H and O–H groups in total. The molecule has 1 aromatic carbocycles. The summed E-state index contributed by atoms with van der Waals surface area (Å²) in [5.41, 5.74) is 0.963. The summed E-state index contributed by atoms with van der Waals surface area (Å²) in [6.07, 6.45) is 0.662. The van der Waals surface area contributed by atoms with Crippen LogP contribution in [0.3, 0.4) is 0 Å². The van der Waals surface area contributed by atoms with Gasteiger partial charge in [-0.1, -0.05) is 29.3 Å². The SMILES string of the molecule is O=C(NCCc1ccc(Cl)cc1Cl)c1cc(Br)c(Br)s1. The van der Waals surface area contributed by atoms with E-state index in [2.05, 4.69) is 37.2 Å². The average molecular weight is 458 g/mol. The first-order valence-corrected chi connectivity index (χ1v) is 8.80. The fraction of sp³-hybridized carbons (Fsp3) is 0.154. The first-order chi connectivity index (χ1) is 9.47. The molecule has 106 valence electrons. The molecule has 0 spiro atoms. The van der Waals surface area contributed by atoms with E-state index in [0.717, 1.165) is 13.8 Å². The molecule has 0 fully saturated rings. The minimum Gasteiger partial charge on any atom is -0.351 e. The van der Waals surface area contributed by atoms with Gasteiger partial charge in [0, 0.05) is 21.1 Å². The lowest BCUT2D eigenvalue weighted by Gasteiger charge is -2.06. The van der Waals surface area contributed by atoms with Crippen molar-refractivity contribution in [1.29, 1.82) is 0 Å². The minimum atomic E-state index is -0.0912. The van der Waals surface area contributed by atoms with Crippen molar-refractivity contribution >= 4 is 72.3 Å². The third kappa shape index (κ3) is 4.21. The van der Waals surface area contributed by atoms with Crippen LogP contribution in [-0.2, 0) is 6.42 Å². The summed E-state index contributed by atoms with van der Waals surface area (Å²) in [5.74, 6) is -0.0912. The van der Waals surface area contributed by atoms with E-state index < -0.39 is 0 Å². The second-order valence-electron chi connectivity index (χ2n) is 3.97. The van der Waals surface area contributed by atoms with Crippen LogP contribution in [-0.4, -0.2) is 12.5 Å². The molecule has 0 aliphatic rings. The molecule has 0 aliphatic carbocycles. The molecular formula is C13H9Br2Cl2NOS. The summed E-state index contributed by atoms with van der Waals surface area (Å²) in [7, 11) is 0. The summed E-state index contributed by atoms with van der Waals surface area (Å²) < 4.78 is 1.79. The zero-order valence-corrected chi connectivity index (χ0v) is 15.6. The van der Waals surface area contributed by atoms with Gasteiger partial charge in [0.1, 0.15) is 0 Å². The molecule has 7 heteroatoms. The number of thiophene rings is 1. The number of halogens is 4. The number of hydrogen-bond donors (Lipinski definition) is 1. The predicted octanol–water partition coefficient (Wildman–Crippen LogP) is 5.55. The van der Waals surface area contributed by atoms with Crippen LogP contribution in [0.5, 0.6) is 0 Å². The number of hydrogen-bond acceptors (Lipinski definition) is 2. The van der Waals surface area contributed by atoms with E-state index in [1.54, 1.807) is 18.2 Å². The van der Waals surface area contributed by atoms with Crippen molar-refractivity contribution in [2.45, 2.75) is 6.42 Å². The molecule has 0 aliphatic heterocycles. The molecule has 1 heterocycles. The topological polar surface area (TPSA) is 29.1 Å². The van der Waals surface area contributed by atoms with Crippen LogP contribution in [0.15, 0.2) is 32.5 Å². The summed E-state index contributed by atoms with van der Waals surface area (Å²) in [6, 6.07) is 7.15. The van der Waals surface area contributed by atoms with E-state index in [1.165, 1.54) is 11.3 Å². The van der Waals surface area contributed by atoms with Gasteiger partial charge in [-0.25, -0.2) is 0 Å². The fourth-order valence-corrected chi connectivity index (χ4v) is 4.04. The zero-order valence-electron chi connectivity index (χ0n) is 10.1. The number of carbonyl (C=O) groups is 1. The first kappa shape index (κ1) is 16.3. The molecule has 0 radical (unpaired) electrons. The predicted molar refractivity (Wildman–Crippen MR) is 92.2 cm³/mol. The molecule has 0 saturated carbocycles. The Bertz CT molecular complexity index is 626. The quantitative estimate of drug-likeness (QED) is 0.640. The smallest absolute Gasteiger partial charge is 0.261 e. The molecule has 2 rings (SSSR count). The summed E-state index contributed by atoms with van der Waals surface area (Å²) in [4.78, 5) is 12.6.